The normalized spacial score (nSPS) is 19.1. The summed E-state index contributed by atoms with van der Waals surface area (Å²) in [6.07, 6.45) is 3.64. The highest BCUT2D eigenvalue weighted by Crippen LogP contribution is 2.27. The van der Waals surface area contributed by atoms with Crippen molar-refractivity contribution in [1.29, 1.82) is 0 Å². The van der Waals surface area contributed by atoms with Crippen molar-refractivity contribution in [3.63, 3.8) is 0 Å². The third-order valence-corrected chi connectivity index (χ3v) is 4.28. The van der Waals surface area contributed by atoms with E-state index >= 15 is 0 Å². The van der Waals surface area contributed by atoms with Crippen LogP contribution in [-0.4, -0.2) is 23.6 Å². The Morgan fingerprint density at radius 3 is 3.20 bits per heavy atom. The minimum atomic E-state index is -0.0380. The number of hydrogen-bond acceptors (Lipinski definition) is 5. The largest absolute Gasteiger partial charge is 0.399 e. The van der Waals surface area contributed by atoms with Gasteiger partial charge in [-0.15, -0.1) is 0 Å². The van der Waals surface area contributed by atoms with Gasteiger partial charge in [0.2, 0.25) is 5.91 Å². The fourth-order valence-electron chi connectivity index (χ4n) is 2.34. The Morgan fingerprint density at radius 2 is 2.40 bits per heavy atom. The summed E-state index contributed by atoms with van der Waals surface area (Å²) in [5.74, 6) is -0.0380. The van der Waals surface area contributed by atoms with Crippen LogP contribution in [0.4, 0.5) is 10.8 Å². The number of nitrogens with two attached hydrogens (primary N) is 1. The predicted molar refractivity (Wildman–Crippen MR) is 80.9 cm³/mol. The second-order valence-corrected chi connectivity index (χ2v) is 6.02. The monoisotopic (exact) mass is 291 g/mol. The highest BCUT2D eigenvalue weighted by molar-refractivity contribution is 7.22. The number of carbonyl (C=O) groups is 1. The van der Waals surface area contributed by atoms with Crippen molar-refractivity contribution in [3.05, 3.63) is 18.2 Å². The Hall–Kier alpha value is -1.66. The van der Waals surface area contributed by atoms with Crippen molar-refractivity contribution < 1.29 is 9.53 Å². The molecule has 2 aromatic rings. The number of aromatic nitrogens is 1. The van der Waals surface area contributed by atoms with Gasteiger partial charge in [-0.2, -0.15) is 0 Å². The van der Waals surface area contributed by atoms with E-state index < -0.39 is 0 Å². The minimum absolute atomic E-state index is 0.0380. The molecule has 0 radical (unpaired) electrons. The highest BCUT2D eigenvalue weighted by atomic mass is 32.1. The van der Waals surface area contributed by atoms with Gasteiger partial charge in [0.1, 0.15) is 0 Å². The molecule has 0 bridgehead atoms. The van der Waals surface area contributed by atoms with Gasteiger partial charge in [0.05, 0.1) is 22.7 Å². The van der Waals surface area contributed by atoms with E-state index in [2.05, 4.69) is 10.3 Å². The number of nitrogens with zero attached hydrogens (tertiary/aromatic N) is 1. The number of benzene rings is 1. The van der Waals surface area contributed by atoms with E-state index in [0.29, 0.717) is 17.2 Å². The molecular formula is C14H17N3O2S. The summed E-state index contributed by atoms with van der Waals surface area (Å²) < 4.78 is 6.55. The maximum Gasteiger partial charge on any atom is 0.228 e. The molecule has 3 N–H and O–H groups in total. The Bertz CT molecular complexity index is 620. The summed E-state index contributed by atoms with van der Waals surface area (Å²) in [4.78, 5) is 16.4. The maximum absolute atomic E-state index is 12.0. The molecule has 6 heteroatoms. The SMILES string of the molecule is Nc1ccc2nc(NC(=O)CC3CCCCO3)sc2c1. The molecule has 3 rings (SSSR count). The number of hydrogen-bond donors (Lipinski definition) is 2. The number of ether oxygens (including phenoxy) is 1. The van der Waals surface area contributed by atoms with E-state index in [1.165, 1.54) is 11.3 Å². The number of fused-ring (bicyclic) bond motifs is 1. The van der Waals surface area contributed by atoms with Crippen LogP contribution < -0.4 is 11.1 Å². The zero-order valence-corrected chi connectivity index (χ0v) is 11.9. The van der Waals surface area contributed by atoms with Crippen molar-refractivity contribution in [2.24, 2.45) is 0 Å². The average molecular weight is 291 g/mol. The first kappa shape index (κ1) is 13.3. The average Bonchev–Trinajstić information content (AvgIpc) is 2.80. The van der Waals surface area contributed by atoms with Crippen LogP contribution in [0.5, 0.6) is 0 Å². The molecule has 0 spiro atoms. The molecule has 1 atom stereocenters. The topological polar surface area (TPSA) is 77.2 Å². The number of thiazole rings is 1. The second kappa shape index (κ2) is 5.76. The van der Waals surface area contributed by atoms with E-state index in [1.54, 1.807) is 0 Å². The Morgan fingerprint density at radius 1 is 1.50 bits per heavy atom. The number of nitrogens with one attached hydrogen (secondary N) is 1. The fraction of sp³-hybridized carbons (Fsp3) is 0.429. The van der Waals surface area contributed by atoms with Gasteiger partial charge >= 0.3 is 0 Å². The molecular weight excluding hydrogens is 274 g/mol. The lowest BCUT2D eigenvalue weighted by atomic mass is 10.1. The van der Waals surface area contributed by atoms with Crippen molar-refractivity contribution in [2.45, 2.75) is 31.8 Å². The van der Waals surface area contributed by atoms with Gasteiger partial charge in [0.15, 0.2) is 5.13 Å². The zero-order chi connectivity index (χ0) is 13.9. The van der Waals surface area contributed by atoms with Crippen LogP contribution >= 0.6 is 11.3 Å². The van der Waals surface area contributed by atoms with Gasteiger partial charge in [-0.25, -0.2) is 4.98 Å². The molecule has 1 aromatic carbocycles. The zero-order valence-electron chi connectivity index (χ0n) is 11.1. The summed E-state index contributed by atoms with van der Waals surface area (Å²) in [6.45, 7) is 0.762. The molecule has 1 aliphatic heterocycles. The molecule has 2 heterocycles. The minimum Gasteiger partial charge on any atom is -0.399 e. The van der Waals surface area contributed by atoms with Gasteiger partial charge in [0, 0.05) is 12.3 Å². The van der Waals surface area contributed by atoms with Gasteiger partial charge in [-0.1, -0.05) is 11.3 Å². The van der Waals surface area contributed by atoms with E-state index in [0.717, 1.165) is 36.1 Å². The Balaban J connectivity index is 1.64. The van der Waals surface area contributed by atoms with Crippen LogP contribution in [-0.2, 0) is 9.53 Å². The molecule has 1 saturated heterocycles. The van der Waals surface area contributed by atoms with Crippen LogP contribution in [0, 0.1) is 0 Å². The predicted octanol–water partition coefficient (Wildman–Crippen LogP) is 2.78. The van der Waals surface area contributed by atoms with E-state index in [9.17, 15) is 4.79 Å². The third-order valence-electron chi connectivity index (χ3n) is 3.35. The van der Waals surface area contributed by atoms with E-state index in [1.807, 2.05) is 18.2 Å². The summed E-state index contributed by atoms with van der Waals surface area (Å²) in [5, 5.41) is 3.46. The van der Waals surface area contributed by atoms with Crippen molar-refractivity contribution in [2.75, 3.05) is 17.7 Å². The lowest BCUT2D eigenvalue weighted by Gasteiger charge is -2.21. The molecule has 1 amide bonds. The van der Waals surface area contributed by atoms with Crippen LogP contribution in [0.1, 0.15) is 25.7 Å². The molecule has 1 aliphatic rings. The van der Waals surface area contributed by atoms with E-state index in [4.69, 9.17) is 10.5 Å². The lowest BCUT2D eigenvalue weighted by molar-refractivity contribution is -0.119. The quantitative estimate of drug-likeness (QED) is 0.852. The highest BCUT2D eigenvalue weighted by Gasteiger charge is 2.18. The van der Waals surface area contributed by atoms with Crippen LogP contribution in [0.15, 0.2) is 18.2 Å². The van der Waals surface area contributed by atoms with Gasteiger partial charge in [0.25, 0.3) is 0 Å². The number of carbonyl (C=O) groups excluding carboxylic acids is 1. The first-order chi connectivity index (χ1) is 9.70. The standard InChI is InChI=1S/C14H17N3O2S/c15-9-4-5-11-12(7-9)20-14(16-11)17-13(18)8-10-3-1-2-6-19-10/h4-5,7,10H,1-3,6,8,15H2,(H,16,17,18). The van der Waals surface area contributed by atoms with Gasteiger partial charge in [-0.05, 0) is 37.5 Å². The smallest absolute Gasteiger partial charge is 0.228 e. The number of rotatable bonds is 3. The van der Waals surface area contributed by atoms with Crippen molar-refractivity contribution in [1.82, 2.24) is 4.98 Å². The first-order valence-corrected chi connectivity index (χ1v) is 7.60. The summed E-state index contributed by atoms with van der Waals surface area (Å²) in [7, 11) is 0. The second-order valence-electron chi connectivity index (χ2n) is 4.99. The number of nitrogen functional groups attached to an aromatic ring is 1. The molecule has 106 valence electrons. The number of amides is 1. The van der Waals surface area contributed by atoms with Crippen LogP contribution in [0.3, 0.4) is 0 Å². The number of anilines is 2. The van der Waals surface area contributed by atoms with Crippen LogP contribution in [0.2, 0.25) is 0 Å². The summed E-state index contributed by atoms with van der Waals surface area (Å²) in [5.41, 5.74) is 7.29. The Kier molecular flexibility index (Phi) is 3.84. The lowest BCUT2D eigenvalue weighted by Crippen LogP contribution is -2.25. The molecule has 1 fully saturated rings. The third kappa shape index (κ3) is 3.08. The van der Waals surface area contributed by atoms with Crippen LogP contribution in [0.25, 0.3) is 10.2 Å². The molecule has 20 heavy (non-hydrogen) atoms. The maximum atomic E-state index is 12.0. The first-order valence-electron chi connectivity index (χ1n) is 6.78. The van der Waals surface area contributed by atoms with E-state index in [-0.39, 0.29) is 12.0 Å². The Labute approximate surface area is 121 Å². The fourth-order valence-corrected chi connectivity index (χ4v) is 3.27. The molecule has 1 unspecified atom stereocenters. The van der Waals surface area contributed by atoms with Crippen molar-refractivity contribution in [3.8, 4) is 0 Å². The summed E-state index contributed by atoms with van der Waals surface area (Å²) in [6, 6.07) is 5.54. The van der Waals surface area contributed by atoms with Gasteiger partial charge in [-0.3, -0.25) is 4.79 Å². The summed E-state index contributed by atoms with van der Waals surface area (Å²) >= 11 is 1.44. The molecule has 0 saturated carbocycles. The molecule has 0 aliphatic carbocycles. The van der Waals surface area contributed by atoms with Crippen molar-refractivity contribution >= 4 is 38.3 Å². The molecule has 5 nitrogen and oxygen atoms in total. The van der Waals surface area contributed by atoms with Gasteiger partial charge < -0.3 is 15.8 Å². The molecule has 1 aromatic heterocycles.